The van der Waals surface area contributed by atoms with Crippen LogP contribution in [0.4, 0.5) is 11.4 Å². The summed E-state index contributed by atoms with van der Waals surface area (Å²) in [7, 11) is 0. The van der Waals surface area contributed by atoms with Crippen LogP contribution in [0, 0.1) is 6.92 Å². The minimum atomic E-state index is -0.547. The quantitative estimate of drug-likeness (QED) is 0.116. The third kappa shape index (κ3) is 8.30. The number of hydrogen-bond acceptors (Lipinski definition) is 5. The van der Waals surface area contributed by atoms with Crippen LogP contribution < -0.4 is 16.0 Å². The second-order valence-electron chi connectivity index (χ2n) is 9.91. The van der Waals surface area contributed by atoms with Crippen molar-refractivity contribution in [3.8, 4) is 0 Å². The molecule has 1 heterocycles. The van der Waals surface area contributed by atoms with Gasteiger partial charge in [-0.25, -0.2) is 0 Å². The molecule has 0 aliphatic heterocycles. The van der Waals surface area contributed by atoms with Crippen LogP contribution in [0.25, 0.3) is 6.08 Å². The Bertz CT molecular complexity index is 1780. The zero-order valence-corrected chi connectivity index (χ0v) is 24.8. The lowest BCUT2D eigenvalue weighted by Crippen LogP contribution is -2.30. The molecule has 0 bridgehead atoms. The SMILES string of the molecule is Cc1cccc(NC(=O)C(Sc2cccc(NC(=O)/C(=C/c3cccnc3)NC(=O)c3ccccc3)c2)c2ccccc2)c1. The summed E-state index contributed by atoms with van der Waals surface area (Å²) in [5.74, 6) is -1.07. The lowest BCUT2D eigenvalue weighted by molar-refractivity contribution is -0.116. The number of rotatable bonds is 10. The fourth-order valence-electron chi connectivity index (χ4n) is 4.38. The van der Waals surface area contributed by atoms with Crippen molar-refractivity contribution < 1.29 is 14.4 Å². The molecule has 0 aliphatic rings. The van der Waals surface area contributed by atoms with Gasteiger partial charge in [-0.3, -0.25) is 19.4 Å². The van der Waals surface area contributed by atoms with Gasteiger partial charge in [-0.1, -0.05) is 72.8 Å². The number of pyridine rings is 1. The predicted octanol–water partition coefficient (Wildman–Crippen LogP) is 7.27. The molecule has 1 atom stereocenters. The van der Waals surface area contributed by atoms with Gasteiger partial charge in [0, 0.05) is 34.2 Å². The molecule has 0 saturated heterocycles. The summed E-state index contributed by atoms with van der Waals surface area (Å²) in [6.07, 6.45) is 4.81. The Balaban J connectivity index is 1.36. The van der Waals surface area contributed by atoms with Gasteiger partial charge >= 0.3 is 0 Å². The van der Waals surface area contributed by atoms with Crippen molar-refractivity contribution in [1.29, 1.82) is 0 Å². The maximum absolute atomic E-state index is 13.5. The minimum Gasteiger partial charge on any atom is -0.325 e. The molecule has 3 amide bonds. The van der Waals surface area contributed by atoms with Gasteiger partial charge in [0.1, 0.15) is 10.9 Å². The Kier molecular flexibility index (Phi) is 9.97. The number of carbonyl (C=O) groups is 3. The van der Waals surface area contributed by atoms with E-state index < -0.39 is 17.1 Å². The van der Waals surface area contributed by atoms with E-state index in [-0.39, 0.29) is 11.6 Å². The number of carbonyl (C=O) groups excluding carboxylic acids is 3. The molecule has 0 fully saturated rings. The van der Waals surface area contributed by atoms with Crippen molar-refractivity contribution in [3.05, 3.63) is 162 Å². The fourth-order valence-corrected chi connectivity index (χ4v) is 5.47. The standard InChI is InChI=1S/C36H30N4O3S/c1-25-11-8-17-29(21-25)39-36(43)33(27-13-4-2-5-14-27)44-31-19-9-18-30(23-31)38-35(42)32(22-26-12-10-20-37-24-26)40-34(41)28-15-6-3-7-16-28/h2-24,33H,1H3,(H,38,42)(H,39,43)(H,40,41)/b32-22-. The first kappa shape index (κ1) is 30.0. The van der Waals surface area contributed by atoms with Crippen LogP contribution in [0.3, 0.4) is 0 Å². The predicted molar refractivity (Wildman–Crippen MR) is 176 cm³/mol. The normalized spacial score (nSPS) is 11.7. The highest BCUT2D eigenvalue weighted by Crippen LogP contribution is 2.37. The molecule has 1 unspecified atom stereocenters. The molecule has 5 aromatic rings. The zero-order valence-electron chi connectivity index (χ0n) is 23.9. The average molecular weight is 599 g/mol. The first-order valence-corrected chi connectivity index (χ1v) is 14.8. The van der Waals surface area contributed by atoms with E-state index in [9.17, 15) is 14.4 Å². The van der Waals surface area contributed by atoms with Crippen molar-refractivity contribution in [1.82, 2.24) is 10.3 Å². The highest BCUT2D eigenvalue weighted by molar-refractivity contribution is 8.00. The molecule has 5 rings (SSSR count). The number of nitrogens with one attached hydrogen (secondary N) is 3. The van der Waals surface area contributed by atoms with Crippen molar-refractivity contribution in [2.24, 2.45) is 0 Å². The van der Waals surface area contributed by atoms with Crippen molar-refractivity contribution in [3.63, 3.8) is 0 Å². The molecule has 3 N–H and O–H groups in total. The molecule has 8 heteroatoms. The van der Waals surface area contributed by atoms with Gasteiger partial charge in [-0.05, 0) is 78.2 Å². The third-order valence-electron chi connectivity index (χ3n) is 6.50. The summed E-state index contributed by atoms with van der Waals surface area (Å²) in [5.41, 5.74) is 4.27. The second kappa shape index (κ2) is 14.6. The molecular weight excluding hydrogens is 568 g/mol. The number of aryl methyl sites for hydroxylation is 1. The number of hydrogen-bond donors (Lipinski definition) is 3. The Morgan fingerprint density at radius 2 is 1.45 bits per heavy atom. The summed E-state index contributed by atoms with van der Waals surface area (Å²) < 4.78 is 0. The van der Waals surface area contributed by atoms with Gasteiger partial charge in [0.25, 0.3) is 11.8 Å². The van der Waals surface area contributed by atoms with Gasteiger partial charge in [-0.15, -0.1) is 11.8 Å². The van der Waals surface area contributed by atoms with Crippen LogP contribution in [0.2, 0.25) is 0 Å². The fraction of sp³-hybridized carbons (Fsp3) is 0.0556. The summed E-state index contributed by atoms with van der Waals surface area (Å²) in [6.45, 7) is 1.98. The second-order valence-corrected chi connectivity index (χ2v) is 11.1. The number of aromatic nitrogens is 1. The first-order chi connectivity index (χ1) is 21.4. The lowest BCUT2D eigenvalue weighted by Gasteiger charge is -2.18. The van der Waals surface area contributed by atoms with E-state index in [1.54, 1.807) is 67.0 Å². The van der Waals surface area contributed by atoms with Crippen LogP contribution in [0.5, 0.6) is 0 Å². The monoisotopic (exact) mass is 598 g/mol. The van der Waals surface area contributed by atoms with Gasteiger partial charge in [0.15, 0.2) is 0 Å². The Labute approximate surface area is 260 Å². The maximum Gasteiger partial charge on any atom is 0.272 e. The molecule has 0 saturated carbocycles. The minimum absolute atomic E-state index is 0.0598. The first-order valence-electron chi connectivity index (χ1n) is 13.9. The number of thioether (sulfide) groups is 1. The maximum atomic E-state index is 13.5. The third-order valence-corrected chi connectivity index (χ3v) is 7.74. The van der Waals surface area contributed by atoms with E-state index in [0.717, 1.165) is 21.7 Å². The molecule has 1 aromatic heterocycles. The van der Waals surface area contributed by atoms with Crippen LogP contribution in [0.15, 0.2) is 144 Å². The largest absolute Gasteiger partial charge is 0.325 e. The number of amides is 3. The molecule has 4 aromatic carbocycles. The highest BCUT2D eigenvalue weighted by Gasteiger charge is 2.23. The lowest BCUT2D eigenvalue weighted by atomic mass is 10.1. The number of nitrogens with zero attached hydrogens (tertiary/aromatic N) is 1. The Morgan fingerprint density at radius 3 is 2.16 bits per heavy atom. The summed E-state index contributed by atoms with van der Waals surface area (Å²) in [6, 6.07) is 36.7. The van der Waals surface area contributed by atoms with E-state index in [2.05, 4.69) is 20.9 Å². The number of benzene rings is 4. The average Bonchev–Trinajstić information content (AvgIpc) is 3.05. The molecule has 0 spiro atoms. The zero-order chi connectivity index (χ0) is 30.7. The smallest absolute Gasteiger partial charge is 0.272 e. The van der Waals surface area contributed by atoms with Gasteiger partial charge in [-0.2, -0.15) is 0 Å². The van der Waals surface area contributed by atoms with Crippen LogP contribution >= 0.6 is 11.8 Å². The van der Waals surface area contributed by atoms with E-state index in [1.165, 1.54) is 11.8 Å². The molecule has 0 radical (unpaired) electrons. The number of anilines is 2. The van der Waals surface area contributed by atoms with E-state index in [0.29, 0.717) is 16.8 Å². The molecule has 218 valence electrons. The summed E-state index contributed by atoms with van der Waals surface area (Å²) >= 11 is 1.38. The van der Waals surface area contributed by atoms with Gasteiger partial charge in [0.2, 0.25) is 5.91 Å². The molecule has 0 aliphatic carbocycles. The topological polar surface area (TPSA) is 100 Å². The molecule has 44 heavy (non-hydrogen) atoms. The molecule has 7 nitrogen and oxygen atoms in total. The van der Waals surface area contributed by atoms with E-state index in [1.807, 2.05) is 79.7 Å². The van der Waals surface area contributed by atoms with Crippen LogP contribution in [-0.2, 0) is 9.59 Å². The van der Waals surface area contributed by atoms with Gasteiger partial charge < -0.3 is 16.0 Å². The van der Waals surface area contributed by atoms with Gasteiger partial charge in [0.05, 0.1) is 0 Å². The van der Waals surface area contributed by atoms with Crippen LogP contribution in [0.1, 0.15) is 32.3 Å². The van der Waals surface area contributed by atoms with Crippen LogP contribution in [-0.4, -0.2) is 22.7 Å². The van der Waals surface area contributed by atoms with Crippen molar-refractivity contribution in [2.75, 3.05) is 10.6 Å². The summed E-state index contributed by atoms with van der Waals surface area (Å²) in [5, 5.41) is 8.12. The van der Waals surface area contributed by atoms with Crippen molar-refractivity contribution >= 4 is 46.9 Å². The Hall–Kier alpha value is -5.47. The highest BCUT2D eigenvalue weighted by atomic mass is 32.2. The Morgan fingerprint density at radius 1 is 0.750 bits per heavy atom. The molecular formula is C36H30N4O3S. The van der Waals surface area contributed by atoms with E-state index >= 15 is 0 Å². The van der Waals surface area contributed by atoms with E-state index in [4.69, 9.17) is 0 Å². The van der Waals surface area contributed by atoms with Crippen molar-refractivity contribution in [2.45, 2.75) is 17.1 Å². The summed E-state index contributed by atoms with van der Waals surface area (Å²) in [4.78, 5) is 44.8.